The second-order valence-electron chi connectivity index (χ2n) is 23.9. The molecule has 0 heteroatoms. The first-order chi connectivity index (χ1) is 41.7. The Labute approximate surface area is 479 Å². The van der Waals surface area contributed by atoms with Crippen molar-refractivity contribution >= 4 is 215 Å². The van der Waals surface area contributed by atoms with Crippen molar-refractivity contribution in [3.05, 3.63) is 267 Å². The number of rotatable bonds is 0. The first-order valence-electron chi connectivity index (χ1n) is 29.6. The van der Waals surface area contributed by atoms with Crippen LogP contribution >= 0.6 is 0 Å². The van der Waals surface area contributed by atoms with Gasteiger partial charge < -0.3 is 0 Å². The van der Waals surface area contributed by atoms with Gasteiger partial charge >= 0.3 is 0 Å². The lowest BCUT2D eigenvalue weighted by Crippen LogP contribution is -1.94. The summed E-state index contributed by atoms with van der Waals surface area (Å²) in [6.45, 7) is 0. The van der Waals surface area contributed by atoms with Gasteiger partial charge in [-0.2, -0.15) is 0 Å². The molecule has 0 aliphatic carbocycles. The van der Waals surface area contributed by atoms with Gasteiger partial charge in [0.05, 0.1) is 0 Å². The summed E-state index contributed by atoms with van der Waals surface area (Å²) in [4.78, 5) is 0. The van der Waals surface area contributed by atoms with E-state index in [1.165, 1.54) is 215 Å². The summed E-state index contributed by atoms with van der Waals surface area (Å²) in [5.74, 6) is 0. The molecule has 0 spiro atoms. The molecule has 0 N–H and O–H groups in total. The van der Waals surface area contributed by atoms with Crippen molar-refractivity contribution < 1.29 is 0 Å². The fourth-order valence-corrected chi connectivity index (χ4v) is 17.0. The lowest BCUT2D eigenvalue weighted by atomic mass is 9.79. The third-order valence-corrected chi connectivity index (χ3v) is 20.1. The molecule has 0 amide bonds. The van der Waals surface area contributed by atoms with E-state index in [0.29, 0.717) is 0 Å². The molecule has 0 heterocycles. The lowest BCUT2D eigenvalue weighted by molar-refractivity contribution is 1.79. The van der Waals surface area contributed by atoms with Crippen molar-refractivity contribution in [3.8, 4) is 0 Å². The smallest absolute Gasteiger partial charge is 0.000717 e. The Hall–Kier alpha value is -10.9. The SMILES string of the molecule is c1ccc2c(c1)cc1cccc3c4ccc5c6cccc7cc8ccccc8c(c76)c6c7ccccc7c(c2c13)c4c56.c1ccc2c(c1)cc1cccc3c4cccc5c4c(c4cccc6c7cccc8cc9ccccc9c(c87)c5c64)c2c13. The molecule has 22 aromatic rings. The molecule has 0 aliphatic rings. The minimum atomic E-state index is 1.30. The predicted octanol–water partition coefficient (Wildman–Crippen LogP) is 24.2. The molecule has 22 rings (SSSR count). The first-order valence-corrected chi connectivity index (χ1v) is 29.6. The normalized spacial score (nSPS) is 12.8. The average Bonchev–Trinajstić information content (AvgIpc) is 0.782. The van der Waals surface area contributed by atoms with Crippen LogP contribution in [0.3, 0.4) is 0 Å². The Kier molecular flexibility index (Phi) is 8.11. The Morgan fingerprint density at radius 1 is 0.0952 bits per heavy atom. The zero-order valence-electron chi connectivity index (χ0n) is 45.4. The van der Waals surface area contributed by atoms with Gasteiger partial charge in [0.25, 0.3) is 0 Å². The number of benzene rings is 22. The van der Waals surface area contributed by atoms with E-state index in [2.05, 4.69) is 267 Å². The molecule has 0 nitrogen and oxygen atoms in total. The van der Waals surface area contributed by atoms with Gasteiger partial charge in [0.2, 0.25) is 0 Å². The summed E-state index contributed by atoms with van der Waals surface area (Å²) in [6, 6.07) is 101. The largest absolute Gasteiger partial charge is 0.0616 e. The Morgan fingerprint density at radius 3 is 0.560 bits per heavy atom. The van der Waals surface area contributed by atoms with Gasteiger partial charge in [-0.15, -0.1) is 0 Å². The van der Waals surface area contributed by atoms with Gasteiger partial charge in [-0.1, -0.05) is 243 Å². The summed E-state index contributed by atoms with van der Waals surface area (Å²) in [5, 5.41) is 54.0. The number of hydrogen-bond donors (Lipinski definition) is 0. The fraction of sp³-hybridized carbons (Fsp3) is 0. The van der Waals surface area contributed by atoms with E-state index in [1.807, 2.05) is 0 Å². The molecular formula is C84H44. The highest BCUT2D eigenvalue weighted by Gasteiger charge is 2.27. The zero-order chi connectivity index (χ0) is 54.2. The lowest BCUT2D eigenvalue weighted by Gasteiger charge is -2.23. The zero-order valence-corrected chi connectivity index (χ0v) is 45.4. The van der Waals surface area contributed by atoms with Crippen LogP contribution in [0.2, 0.25) is 0 Å². The minimum absolute atomic E-state index is 1.30. The van der Waals surface area contributed by atoms with E-state index in [9.17, 15) is 0 Å². The third kappa shape index (κ3) is 5.28. The van der Waals surface area contributed by atoms with Crippen LogP contribution in [-0.4, -0.2) is 0 Å². The maximum absolute atomic E-state index is 2.40. The van der Waals surface area contributed by atoms with Crippen LogP contribution in [0.4, 0.5) is 0 Å². The minimum Gasteiger partial charge on any atom is -0.0616 e. The maximum Gasteiger partial charge on any atom is -0.000717 e. The molecule has 380 valence electrons. The topological polar surface area (TPSA) is 0 Å². The van der Waals surface area contributed by atoms with Crippen molar-refractivity contribution in [1.29, 1.82) is 0 Å². The van der Waals surface area contributed by atoms with Gasteiger partial charge in [-0.05, 0) is 240 Å². The highest BCUT2D eigenvalue weighted by Crippen LogP contribution is 2.55. The maximum atomic E-state index is 2.40. The van der Waals surface area contributed by atoms with E-state index in [1.54, 1.807) is 0 Å². The molecule has 0 saturated carbocycles. The van der Waals surface area contributed by atoms with Gasteiger partial charge in [0.1, 0.15) is 0 Å². The second-order valence-corrected chi connectivity index (χ2v) is 23.9. The van der Waals surface area contributed by atoms with Crippen LogP contribution in [0.5, 0.6) is 0 Å². The Morgan fingerprint density at radius 2 is 0.262 bits per heavy atom. The second kappa shape index (κ2) is 15.5. The molecule has 0 bridgehead atoms. The molecule has 22 aromatic carbocycles. The quantitative estimate of drug-likeness (QED) is 0.105. The molecule has 0 saturated heterocycles. The van der Waals surface area contributed by atoms with Crippen LogP contribution in [-0.2, 0) is 0 Å². The van der Waals surface area contributed by atoms with E-state index in [-0.39, 0.29) is 0 Å². The van der Waals surface area contributed by atoms with Crippen LogP contribution in [0.25, 0.3) is 215 Å². The molecular weight excluding hydrogens is 1010 g/mol. The summed E-state index contributed by atoms with van der Waals surface area (Å²) in [7, 11) is 0. The molecule has 0 radical (unpaired) electrons. The Bertz CT molecular complexity index is 6110. The van der Waals surface area contributed by atoms with Crippen molar-refractivity contribution in [2.24, 2.45) is 0 Å². The highest BCUT2D eigenvalue weighted by molar-refractivity contribution is 6.53. The molecule has 0 aliphatic heterocycles. The average molecular weight is 1050 g/mol. The monoisotopic (exact) mass is 1050 g/mol. The first kappa shape index (κ1) is 43.8. The van der Waals surface area contributed by atoms with Gasteiger partial charge in [0.15, 0.2) is 0 Å². The number of fused-ring (bicyclic) bond motifs is 21. The van der Waals surface area contributed by atoms with Crippen LogP contribution < -0.4 is 0 Å². The van der Waals surface area contributed by atoms with E-state index in [4.69, 9.17) is 0 Å². The van der Waals surface area contributed by atoms with E-state index >= 15 is 0 Å². The van der Waals surface area contributed by atoms with Crippen LogP contribution in [0, 0.1) is 0 Å². The van der Waals surface area contributed by atoms with Gasteiger partial charge in [-0.3, -0.25) is 0 Å². The van der Waals surface area contributed by atoms with Crippen LogP contribution in [0.15, 0.2) is 267 Å². The van der Waals surface area contributed by atoms with Crippen molar-refractivity contribution in [1.82, 2.24) is 0 Å². The van der Waals surface area contributed by atoms with Crippen LogP contribution in [0.1, 0.15) is 0 Å². The van der Waals surface area contributed by atoms with Gasteiger partial charge in [-0.25, -0.2) is 0 Å². The number of hydrogen-bond acceptors (Lipinski definition) is 0. The Balaban J connectivity index is 0.000000117. The van der Waals surface area contributed by atoms with Crippen molar-refractivity contribution in [3.63, 3.8) is 0 Å². The summed E-state index contributed by atoms with van der Waals surface area (Å²) in [5.41, 5.74) is 0. The summed E-state index contributed by atoms with van der Waals surface area (Å²) >= 11 is 0. The fourth-order valence-electron chi connectivity index (χ4n) is 17.0. The summed E-state index contributed by atoms with van der Waals surface area (Å²) < 4.78 is 0. The van der Waals surface area contributed by atoms with Crippen molar-refractivity contribution in [2.45, 2.75) is 0 Å². The molecule has 0 unspecified atom stereocenters. The standard InChI is InChI=1S/2C42H22/c1-3-13-27-23(9-1)21-25-11-5-15-29-31-17-8-20-34-37(31)41(39(27)35(25)29)33-19-7-18-32-30-16-6-12-26-22-24-10-2-4-14-28(24)40(36(26)30)42(34)38(32)33;1-3-13-27-23(9-1)21-25-11-7-17-29-33-19-20-34-30-18-8-12-26-22-24-10-2-4-14-28(24)38(36(26)30)40-32-16-6-5-15-31(32)39(37(27)35(25)29)41(33)42(34)40/h2*1-22H. The van der Waals surface area contributed by atoms with Crippen molar-refractivity contribution in [2.75, 3.05) is 0 Å². The summed E-state index contributed by atoms with van der Waals surface area (Å²) in [6.07, 6.45) is 0. The molecule has 0 aromatic heterocycles. The van der Waals surface area contributed by atoms with E-state index in [0.717, 1.165) is 0 Å². The van der Waals surface area contributed by atoms with E-state index < -0.39 is 0 Å². The van der Waals surface area contributed by atoms with Gasteiger partial charge in [0, 0.05) is 0 Å². The molecule has 0 atom stereocenters. The predicted molar refractivity (Wildman–Crippen MR) is 368 cm³/mol. The molecule has 84 heavy (non-hydrogen) atoms. The molecule has 0 fully saturated rings. The highest BCUT2D eigenvalue weighted by atomic mass is 14.3. The third-order valence-electron chi connectivity index (χ3n) is 20.1.